The Labute approximate surface area is 100 Å². The first kappa shape index (κ1) is 12.9. The van der Waals surface area contributed by atoms with E-state index in [2.05, 4.69) is 10.0 Å². The third kappa shape index (κ3) is 4.09. The molecule has 90 valence electrons. The lowest BCUT2D eigenvalue weighted by atomic mass is 10.2. The molecule has 0 saturated heterocycles. The fourth-order valence-electron chi connectivity index (χ4n) is 1.34. The van der Waals surface area contributed by atoms with Crippen molar-refractivity contribution in [1.82, 2.24) is 0 Å². The van der Waals surface area contributed by atoms with Gasteiger partial charge in [-0.2, -0.15) is 0 Å². The molecule has 0 amide bonds. The van der Waals surface area contributed by atoms with Gasteiger partial charge in [-0.3, -0.25) is 0 Å². The average Bonchev–Trinajstić information content (AvgIpc) is 2.36. The minimum absolute atomic E-state index is 0.339. The highest BCUT2D eigenvalue weighted by Gasteiger charge is 2.03. The first-order valence-electron chi connectivity index (χ1n) is 5.30. The Morgan fingerprint density at radius 2 is 2.24 bits per heavy atom. The van der Waals surface area contributed by atoms with Crippen LogP contribution in [0.1, 0.15) is 12.5 Å². The molecule has 0 N–H and O–H groups in total. The van der Waals surface area contributed by atoms with Gasteiger partial charge in [-0.05, 0) is 30.2 Å². The van der Waals surface area contributed by atoms with E-state index in [0.29, 0.717) is 18.9 Å². The Balaban J connectivity index is 2.81. The molecule has 0 radical (unpaired) electrons. The van der Waals surface area contributed by atoms with Crippen LogP contribution in [0.5, 0.6) is 11.5 Å². The summed E-state index contributed by atoms with van der Waals surface area (Å²) >= 11 is 0. The molecule has 0 unspecified atom stereocenters. The van der Waals surface area contributed by atoms with Crippen LogP contribution in [0.25, 0.3) is 16.5 Å². The number of nitrogens with zero attached hydrogens (tertiary/aromatic N) is 3. The van der Waals surface area contributed by atoms with Crippen molar-refractivity contribution in [2.24, 2.45) is 5.11 Å². The molecule has 0 saturated carbocycles. The molecule has 1 rings (SSSR count). The third-order valence-electron chi connectivity index (χ3n) is 2.05. The highest BCUT2D eigenvalue weighted by atomic mass is 16.5. The van der Waals surface area contributed by atoms with Crippen LogP contribution in [-0.2, 0) is 0 Å². The summed E-state index contributed by atoms with van der Waals surface area (Å²) in [6.07, 6.45) is 3.65. The lowest BCUT2D eigenvalue weighted by molar-refractivity contribution is 0.311. The van der Waals surface area contributed by atoms with Gasteiger partial charge in [0.2, 0.25) is 0 Å². The average molecular weight is 233 g/mol. The standard InChI is InChI=1S/C12H15N3O2/c1-3-17-11-7-6-10(9-12(11)16-2)5-4-8-14-15-13/h4-7,9H,3,8H2,1-2H3. The van der Waals surface area contributed by atoms with Crippen molar-refractivity contribution in [3.8, 4) is 11.5 Å². The summed E-state index contributed by atoms with van der Waals surface area (Å²) in [5.74, 6) is 1.42. The van der Waals surface area contributed by atoms with E-state index in [1.807, 2.05) is 31.2 Å². The van der Waals surface area contributed by atoms with Crippen molar-refractivity contribution in [1.29, 1.82) is 0 Å². The highest BCUT2D eigenvalue weighted by molar-refractivity contribution is 5.56. The van der Waals surface area contributed by atoms with E-state index in [0.717, 1.165) is 11.3 Å². The maximum atomic E-state index is 8.13. The summed E-state index contributed by atoms with van der Waals surface area (Å²) in [6.45, 7) is 2.86. The lowest BCUT2D eigenvalue weighted by Crippen LogP contribution is -1.95. The number of azide groups is 1. The van der Waals surface area contributed by atoms with Crippen LogP contribution >= 0.6 is 0 Å². The van der Waals surface area contributed by atoms with Crippen LogP contribution in [0.2, 0.25) is 0 Å². The van der Waals surface area contributed by atoms with Crippen LogP contribution in [0.15, 0.2) is 29.4 Å². The lowest BCUT2D eigenvalue weighted by Gasteiger charge is -2.09. The van der Waals surface area contributed by atoms with E-state index in [1.165, 1.54) is 0 Å². The molecule has 5 nitrogen and oxygen atoms in total. The van der Waals surface area contributed by atoms with Gasteiger partial charge < -0.3 is 9.47 Å². The second-order valence-corrected chi connectivity index (χ2v) is 3.16. The van der Waals surface area contributed by atoms with E-state index < -0.39 is 0 Å². The quantitative estimate of drug-likeness (QED) is 0.429. The zero-order valence-electron chi connectivity index (χ0n) is 9.96. The van der Waals surface area contributed by atoms with Gasteiger partial charge in [-0.25, -0.2) is 0 Å². The molecule has 0 aromatic heterocycles. The molecule has 0 aliphatic rings. The van der Waals surface area contributed by atoms with Gasteiger partial charge in [-0.15, -0.1) is 0 Å². The molecule has 0 bridgehead atoms. The second kappa shape index (κ2) is 7.19. The van der Waals surface area contributed by atoms with Gasteiger partial charge in [0.1, 0.15) is 0 Å². The zero-order chi connectivity index (χ0) is 12.5. The molecule has 1 aromatic rings. The largest absolute Gasteiger partial charge is 0.493 e. The van der Waals surface area contributed by atoms with Crippen LogP contribution in [0, 0.1) is 0 Å². The Morgan fingerprint density at radius 3 is 2.88 bits per heavy atom. The van der Waals surface area contributed by atoms with Crippen molar-refractivity contribution >= 4 is 6.08 Å². The van der Waals surface area contributed by atoms with Crippen LogP contribution < -0.4 is 9.47 Å². The third-order valence-corrected chi connectivity index (χ3v) is 2.05. The summed E-state index contributed by atoms with van der Waals surface area (Å²) < 4.78 is 10.6. The van der Waals surface area contributed by atoms with Crippen LogP contribution in [-0.4, -0.2) is 20.3 Å². The Kier molecular flexibility index (Phi) is 5.47. The van der Waals surface area contributed by atoms with Crippen molar-refractivity contribution < 1.29 is 9.47 Å². The van der Waals surface area contributed by atoms with Gasteiger partial charge in [0.15, 0.2) is 11.5 Å². The van der Waals surface area contributed by atoms with Crippen molar-refractivity contribution in [2.45, 2.75) is 6.92 Å². The molecule has 0 fully saturated rings. The van der Waals surface area contributed by atoms with Crippen LogP contribution in [0.3, 0.4) is 0 Å². The summed E-state index contributed by atoms with van der Waals surface area (Å²) in [4.78, 5) is 2.67. The Hall–Kier alpha value is -2.13. The van der Waals surface area contributed by atoms with Gasteiger partial charge >= 0.3 is 0 Å². The molecule has 5 heteroatoms. The minimum Gasteiger partial charge on any atom is -0.493 e. The number of hydrogen-bond donors (Lipinski definition) is 0. The fourth-order valence-corrected chi connectivity index (χ4v) is 1.34. The molecule has 0 aliphatic heterocycles. The van der Waals surface area contributed by atoms with E-state index in [-0.39, 0.29) is 0 Å². The number of ether oxygens (including phenoxy) is 2. The smallest absolute Gasteiger partial charge is 0.161 e. The van der Waals surface area contributed by atoms with Gasteiger partial charge in [0.05, 0.1) is 13.7 Å². The number of benzene rings is 1. The molecular formula is C12H15N3O2. The monoisotopic (exact) mass is 233 g/mol. The van der Waals surface area contributed by atoms with Crippen LogP contribution in [0.4, 0.5) is 0 Å². The topological polar surface area (TPSA) is 67.2 Å². The molecular weight excluding hydrogens is 218 g/mol. The first-order chi connectivity index (χ1) is 8.31. The molecule has 0 spiro atoms. The maximum absolute atomic E-state index is 8.13. The predicted molar refractivity (Wildman–Crippen MR) is 67.2 cm³/mol. The summed E-state index contributed by atoms with van der Waals surface area (Å²) in [5.41, 5.74) is 9.10. The van der Waals surface area contributed by atoms with Gasteiger partial charge in [0, 0.05) is 11.5 Å². The second-order valence-electron chi connectivity index (χ2n) is 3.16. The molecule has 0 heterocycles. The van der Waals surface area contributed by atoms with E-state index in [1.54, 1.807) is 13.2 Å². The molecule has 0 aliphatic carbocycles. The van der Waals surface area contributed by atoms with E-state index in [9.17, 15) is 0 Å². The fraction of sp³-hybridized carbons (Fsp3) is 0.333. The minimum atomic E-state index is 0.339. The Morgan fingerprint density at radius 1 is 1.41 bits per heavy atom. The molecule has 0 atom stereocenters. The highest BCUT2D eigenvalue weighted by Crippen LogP contribution is 2.28. The number of rotatable bonds is 6. The summed E-state index contributed by atoms with van der Waals surface area (Å²) in [7, 11) is 1.60. The Bertz CT molecular complexity index is 437. The molecule has 1 aromatic carbocycles. The SMILES string of the molecule is CCOc1ccc(C=CCN=[N+]=[N-])cc1OC. The first-order valence-corrected chi connectivity index (χ1v) is 5.30. The van der Waals surface area contributed by atoms with Crippen molar-refractivity contribution in [2.75, 3.05) is 20.3 Å². The maximum Gasteiger partial charge on any atom is 0.161 e. The predicted octanol–water partition coefficient (Wildman–Crippen LogP) is 3.42. The van der Waals surface area contributed by atoms with Gasteiger partial charge in [0.25, 0.3) is 0 Å². The van der Waals surface area contributed by atoms with E-state index >= 15 is 0 Å². The normalized spacial score (nSPS) is 10.0. The summed E-state index contributed by atoms with van der Waals surface area (Å²) in [5, 5.41) is 3.41. The van der Waals surface area contributed by atoms with E-state index in [4.69, 9.17) is 15.0 Å². The summed E-state index contributed by atoms with van der Waals surface area (Å²) in [6, 6.07) is 5.65. The molecule has 17 heavy (non-hydrogen) atoms. The number of hydrogen-bond acceptors (Lipinski definition) is 3. The van der Waals surface area contributed by atoms with Gasteiger partial charge in [-0.1, -0.05) is 23.3 Å². The zero-order valence-corrected chi connectivity index (χ0v) is 9.96. The van der Waals surface area contributed by atoms with Crippen molar-refractivity contribution in [3.05, 3.63) is 40.3 Å². The van der Waals surface area contributed by atoms with Crippen molar-refractivity contribution in [3.63, 3.8) is 0 Å². The number of methoxy groups -OCH3 is 1.